The quantitative estimate of drug-likeness (QED) is 0.560. The van der Waals surface area contributed by atoms with Gasteiger partial charge in [0.15, 0.2) is 0 Å². The van der Waals surface area contributed by atoms with Gasteiger partial charge in [-0.1, -0.05) is 45.8 Å². The number of hydrogen-bond donors (Lipinski definition) is 1. The normalized spacial score (nSPS) is 13.6. The van der Waals surface area contributed by atoms with Crippen molar-refractivity contribution in [3.05, 3.63) is 23.9 Å². The third-order valence-corrected chi connectivity index (χ3v) is 2.82. The van der Waals surface area contributed by atoms with Crippen LogP contribution >= 0.6 is 0 Å². The summed E-state index contributed by atoms with van der Waals surface area (Å²) in [4.78, 5) is 0. The predicted molar refractivity (Wildman–Crippen MR) is 74.5 cm³/mol. The first-order chi connectivity index (χ1) is 7.65. The summed E-state index contributed by atoms with van der Waals surface area (Å²) in [5, 5.41) is 3.56. The molecule has 0 bridgehead atoms. The molecule has 0 aromatic rings. The van der Waals surface area contributed by atoms with Crippen molar-refractivity contribution in [3.8, 4) is 0 Å². The average molecular weight is 223 g/mol. The van der Waals surface area contributed by atoms with Gasteiger partial charge in [0.1, 0.15) is 0 Å². The van der Waals surface area contributed by atoms with Crippen molar-refractivity contribution in [1.29, 1.82) is 0 Å². The van der Waals surface area contributed by atoms with Gasteiger partial charge in [0.2, 0.25) is 0 Å². The van der Waals surface area contributed by atoms with Gasteiger partial charge in [-0.25, -0.2) is 0 Å². The number of rotatable bonds is 9. The summed E-state index contributed by atoms with van der Waals surface area (Å²) in [6.07, 6.45) is 8.51. The van der Waals surface area contributed by atoms with E-state index in [2.05, 4.69) is 45.7 Å². The highest BCUT2D eigenvalue weighted by Crippen LogP contribution is 2.21. The number of allylic oxidation sites excluding steroid dienone is 3. The molecule has 16 heavy (non-hydrogen) atoms. The summed E-state index contributed by atoms with van der Waals surface area (Å²) in [7, 11) is 0. The van der Waals surface area contributed by atoms with Crippen molar-refractivity contribution in [1.82, 2.24) is 5.32 Å². The minimum Gasteiger partial charge on any atom is -0.388 e. The SMILES string of the molecule is C=C(C)/C=C(\NCCC)C(CC)CCCC. The smallest absolute Gasteiger partial charge is 0.0141 e. The van der Waals surface area contributed by atoms with E-state index in [0.717, 1.165) is 12.1 Å². The molecule has 0 aliphatic heterocycles. The minimum absolute atomic E-state index is 0.684. The van der Waals surface area contributed by atoms with Crippen LogP contribution in [0.3, 0.4) is 0 Å². The molecule has 0 rings (SSSR count). The Morgan fingerprint density at radius 2 is 1.94 bits per heavy atom. The third kappa shape index (κ3) is 6.71. The van der Waals surface area contributed by atoms with Crippen LogP contribution in [-0.2, 0) is 0 Å². The van der Waals surface area contributed by atoms with E-state index in [-0.39, 0.29) is 0 Å². The molecule has 1 unspecified atom stereocenters. The molecule has 0 aliphatic carbocycles. The van der Waals surface area contributed by atoms with Crippen molar-refractivity contribution in [2.24, 2.45) is 5.92 Å². The van der Waals surface area contributed by atoms with Gasteiger partial charge in [-0.15, -0.1) is 0 Å². The highest BCUT2D eigenvalue weighted by molar-refractivity contribution is 5.19. The molecule has 1 atom stereocenters. The second kappa shape index (κ2) is 9.50. The zero-order valence-electron chi connectivity index (χ0n) is 11.6. The van der Waals surface area contributed by atoms with Crippen molar-refractivity contribution >= 4 is 0 Å². The Labute approximate surface area is 102 Å². The molecule has 0 fully saturated rings. The summed E-state index contributed by atoms with van der Waals surface area (Å²) < 4.78 is 0. The summed E-state index contributed by atoms with van der Waals surface area (Å²) in [6.45, 7) is 13.9. The Bertz CT molecular complexity index is 215. The fourth-order valence-corrected chi connectivity index (χ4v) is 1.88. The maximum Gasteiger partial charge on any atom is 0.0141 e. The van der Waals surface area contributed by atoms with Crippen LogP contribution in [0, 0.1) is 5.92 Å². The van der Waals surface area contributed by atoms with E-state index in [9.17, 15) is 0 Å². The van der Waals surface area contributed by atoms with Crippen LogP contribution in [0.5, 0.6) is 0 Å². The van der Waals surface area contributed by atoms with Crippen molar-refractivity contribution in [3.63, 3.8) is 0 Å². The van der Waals surface area contributed by atoms with E-state index in [1.807, 2.05) is 0 Å². The molecule has 0 spiro atoms. The highest BCUT2D eigenvalue weighted by atomic mass is 14.9. The number of hydrogen-bond acceptors (Lipinski definition) is 1. The summed E-state index contributed by atoms with van der Waals surface area (Å²) >= 11 is 0. The van der Waals surface area contributed by atoms with E-state index >= 15 is 0 Å². The number of nitrogens with one attached hydrogen (secondary N) is 1. The first-order valence-electron chi connectivity index (χ1n) is 6.76. The van der Waals surface area contributed by atoms with E-state index in [0.29, 0.717) is 5.92 Å². The molecule has 0 radical (unpaired) electrons. The second-order valence-electron chi connectivity index (χ2n) is 4.62. The van der Waals surface area contributed by atoms with Gasteiger partial charge < -0.3 is 5.32 Å². The molecule has 0 aromatic heterocycles. The van der Waals surface area contributed by atoms with Gasteiger partial charge in [0.05, 0.1) is 0 Å². The van der Waals surface area contributed by atoms with Crippen LogP contribution in [-0.4, -0.2) is 6.54 Å². The first-order valence-corrected chi connectivity index (χ1v) is 6.76. The largest absolute Gasteiger partial charge is 0.388 e. The van der Waals surface area contributed by atoms with Gasteiger partial charge in [0.25, 0.3) is 0 Å². The molecule has 1 heteroatoms. The fraction of sp³-hybridized carbons (Fsp3) is 0.733. The standard InChI is InChI=1S/C15H29N/c1-6-9-10-14(8-3)15(12-13(4)5)16-11-7-2/h12,14,16H,4,6-11H2,1-3,5H3/b15-12-. The molecule has 94 valence electrons. The van der Waals surface area contributed by atoms with E-state index in [4.69, 9.17) is 0 Å². The maximum atomic E-state index is 3.98. The topological polar surface area (TPSA) is 12.0 Å². The molecule has 1 nitrogen and oxygen atoms in total. The van der Waals surface area contributed by atoms with Gasteiger partial charge in [-0.2, -0.15) is 0 Å². The van der Waals surface area contributed by atoms with Gasteiger partial charge in [-0.05, 0) is 38.2 Å². The summed E-state index contributed by atoms with van der Waals surface area (Å²) in [5.74, 6) is 0.684. The Morgan fingerprint density at radius 1 is 1.25 bits per heavy atom. The maximum absolute atomic E-state index is 3.98. The lowest BCUT2D eigenvalue weighted by Gasteiger charge is -2.20. The zero-order valence-corrected chi connectivity index (χ0v) is 11.6. The molecular formula is C15H29N. The summed E-state index contributed by atoms with van der Waals surface area (Å²) in [5.41, 5.74) is 2.54. The molecule has 0 saturated carbocycles. The van der Waals surface area contributed by atoms with Crippen LogP contribution in [0.2, 0.25) is 0 Å². The van der Waals surface area contributed by atoms with Crippen LogP contribution in [0.1, 0.15) is 59.8 Å². The van der Waals surface area contributed by atoms with Crippen molar-refractivity contribution in [2.45, 2.75) is 59.8 Å². The second-order valence-corrected chi connectivity index (χ2v) is 4.62. The molecule has 0 aromatic carbocycles. The van der Waals surface area contributed by atoms with E-state index in [1.165, 1.54) is 37.8 Å². The Balaban J connectivity index is 4.48. The summed E-state index contributed by atoms with van der Waals surface area (Å²) in [6, 6.07) is 0. The molecule has 0 amide bonds. The van der Waals surface area contributed by atoms with Gasteiger partial charge >= 0.3 is 0 Å². The van der Waals surface area contributed by atoms with Crippen LogP contribution < -0.4 is 5.32 Å². The monoisotopic (exact) mass is 223 g/mol. The Hall–Kier alpha value is -0.720. The van der Waals surface area contributed by atoms with E-state index < -0.39 is 0 Å². The lowest BCUT2D eigenvalue weighted by atomic mass is 9.94. The van der Waals surface area contributed by atoms with Gasteiger partial charge in [0, 0.05) is 12.2 Å². The number of unbranched alkanes of at least 4 members (excludes halogenated alkanes) is 1. The Kier molecular flexibility index (Phi) is 9.07. The van der Waals surface area contributed by atoms with Crippen LogP contribution in [0.4, 0.5) is 0 Å². The molecule has 0 heterocycles. The van der Waals surface area contributed by atoms with E-state index in [1.54, 1.807) is 0 Å². The zero-order chi connectivity index (χ0) is 12.4. The third-order valence-electron chi connectivity index (χ3n) is 2.82. The molecule has 0 saturated heterocycles. The first kappa shape index (κ1) is 15.3. The van der Waals surface area contributed by atoms with Crippen LogP contribution in [0.15, 0.2) is 23.9 Å². The van der Waals surface area contributed by atoms with Crippen molar-refractivity contribution < 1.29 is 0 Å². The van der Waals surface area contributed by atoms with Crippen molar-refractivity contribution in [2.75, 3.05) is 6.54 Å². The lowest BCUT2D eigenvalue weighted by molar-refractivity contribution is 0.482. The Morgan fingerprint density at radius 3 is 2.38 bits per heavy atom. The molecular weight excluding hydrogens is 194 g/mol. The lowest BCUT2D eigenvalue weighted by Crippen LogP contribution is -2.21. The minimum atomic E-state index is 0.684. The van der Waals surface area contributed by atoms with Gasteiger partial charge in [-0.3, -0.25) is 0 Å². The molecule has 0 aliphatic rings. The fourth-order valence-electron chi connectivity index (χ4n) is 1.88. The average Bonchev–Trinajstić information content (AvgIpc) is 2.25. The molecule has 1 N–H and O–H groups in total. The highest BCUT2D eigenvalue weighted by Gasteiger charge is 2.11. The predicted octanol–water partition coefficient (Wildman–Crippen LogP) is 4.66. The van der Waals surface area contributed by atoms with Crippen LogP contribution in [0.25, 0.3) is 0 Å².